The summed E-state index contributed by atoms with van der Waals surface area (Å²) in [5.41, 5.74) is 10.1. The SMILES string of the molecule is C/C=C\c1ccccc1Oc1c(C)cc(C2(C)CCC(C(C)(C)c3cc(C)c(Oc4ccccc4/C=C\C)c(C)c3)CC2)cc1C. The predicted molar refractivity (Wildman–Crippen MR) is 197 cm³/mol. The number of hydrogen-bond acceptors (Lipinski definition) is 2. The average Bonchev–Trinajstić information content (AvgIpc) is 3.02. The Kier molecular flexibility index (Phi) is 9.96. The number of benzene rings is 4. The molecule has 5 rings (SSSR count). The smallest absolute Gasteiger partial charge is 0.134 e. The molecule has 0 heterocycles. The highest BCUT2D eigenvalue weighted by atomic mass is 16.5. The molecule has 46 heavy (non-hydrogen) atoms. The molecule has 0 N–H and O–H groups in total. The lowest BCUT2D eigenvalue weighted by atomic mass is 9.60. The van der Waals surface area contributed by atoms with Gasteiger partial charge in [-0.3, -0.25) is 0 Å². The van der Waals surface area contributed by atoms with Gasteiger partial charge in [0.2, 0.25) is 0 Å². The molecular weight excluding hydrogens is 560 g/mol. The van der Waals surface area contributed by atoms with Crippen molar-refractivity contribution in [2.45, 2.75) is 98.8 Å². The highest BCUT2D eigenvalue weighted by Gasteiger charge is 2.40. The van der Waals surface area contributed by atoms with E-state index in [4.69, 9.17) is 9.47 Å². The zero-order valence-corrected chi connectivity index (χ0v) is 29.5. The van der Waals surface area contributed by atoms with E-state index in [0.717, 1.165) is 34.1 Å². The van der Waals surface area contributed by atoms with E-state index in [1.807, 2.05) is 26.0 Å². The van der Waals surface area contributed by atoms with Crippen LogP contribution in [0.5, 0.6) is 23.0 Å². The van der Waals surface area contributed by atoms with E-state index < -0.39 is 0 Å². The molecule has 0 atom stereocenters. The summed E-state index contributed by atoms with van der Waals surface area (Å²) >= 11 is 0. The van der Waals surface area contributed by atoms with E-state index in [1.54, 1.807) is 0 Å². The van der Waals surface area contributed by atoms with Crippen molar-refractivity contribution >= 4 is 12.2 Å². The molecule has 2 nitrogen and oxygen atoms in total. The van der Waals surface area contributed by atoms with E-state index in [1.165, 1.54) is 59.1 Å². The summed E-state index contributed by atoms with van der Waals surface area (Å²) in [6.07, 6.45) is 13.1. The van der Waals surface area contributed by atoms with Crippen molar-refractivity contribution in [1.29, 1.82) is 0 Å². The number of hydrogen-bond donors (Lipinski definition) is 0. The molecule has 0 amide bonds. The van der Waals surface area contributed by atoms with Crippen LogP contribution in [0.1, 0.15) is 105 Å². The maximum atomic E-state index is 6.53. The Morgan fingerprint density at radius 1 is 0.652 bits per heavy atom. The van der Waals surface area contributed by atoms with Crippen molar-refractivity contribution < 1.29 is 9.47 Å². The van der Waals surface area contributed by atoms with Crippen molar-refractivity contribution in [2.75, 3.05) is 0 Å². The molecule has 0 radical (unpaired) electrons. The maximum Gasteiger partial charge on any atom is 0.134 e. The maximum absolute atomic E-state index is 6.53. The number of aryl methyl sites for hydroxylation is 4. The van der Waals surface area contributed by atoms with Crippen LogP contribution in [0, 0.1) is 33.6 Å². The standard InChI is InChI=1S/C44H52O2/c1-10-16-34-18-12-14-20-39(34)45-41-30(3)26-37(27-31(41)4)43(7,8)36-22-24-44(9,25-23-36)38-28-32(5)42(33(6)29-38)46-40-21-15-13-19-35(40)17-11-2/h10-21,26-29,36H,22-25H2,1-9H3/b16-10-,17-11-. The molecule has 1 saturated carbocycles. The van der Waals surface area contributed by atoms with Crippen molar-refractivity contribution in [3.8, 4) is 23.0 Å². The summed E-state index contributed by atoms with van der Waals surface area (Å²) in [4.78, 5) is 0. The van der Waals surface area contributed by atoms with Gasteiger partial charge < -0.3 is 9.47 Å². The topological polar surface area (TPSA) is 18.5 Å². The molecule has 1 fully saturated rings. The van der Waals surface area contributed by atoms with Crippen LogP contribution < -0.4 is 9.47 Å². The Morgan fingerprint density at radius 3 is 1.50 bits per heavy atom. The third kappa shape index (κ3) is 6.87. The molecule has 4 aromatic rings. The first-order valence-electron chi connectivity index (χ1n) is 17.0. The minimum Gasteiger partial charge on any atom is -0.456 e. The average molecular weight is 613 g/mol. The van der Waals surface area contributed by atoms with Gasteiger partial charge in [0.15, 0.2) is 0 Å². The summed E-state index contributed by atoms with van der Waals surface area (Å²) in [5, 5.41) is 0. The van der Waals surface area contributed by atoms with Crippen LogP contribution in [0.25, 0.3) is 12.2 Å². The van der Waals surface area contributed by atoms with Crippen LogP contribution >= 0.6 is 0 Å². The summed E-state index contributed by atoms with van der Waals surface area (Å²) in [7, 11) is 0. The van der Waals surface area contributed by atoms with Gasteiger partial charge in [0.25, 0.3) is 0 Å². The Balaban J connectivity index is 1.32. The van der Waals surface area contributed by atoms with Gasteiger partial charge in [-0.05, 0) is 129 Å². The van der Waals surface area contributed by atoms with E-state index >= 15 is 0 Å². The van der Waals surface area contributed by atoms with Gasteiger partial charge in [-0.25, -0.2) is 0 Å². The molecule has 0 spiro atoms. The van der Waals surface area contributed by atoms with Crippen LogP contribution in [0.3, 0.4) is 0 Å². The summed E-state index contributed by atoms with van der Waals surface area (Å²) in [5.74, 6) is 4.36. The van der Waals surface area contributed by atoms with Gasteiger partial charge in [0.05, 0.1) is 0 Å². The van der Waals surface area contributed by atoms with E-state index in [9.17, 15) is 0 Å². The molecule has 0 bridgehead atoms. The lowest BCUT2D eigenvalue weighted by Gasteiger charge is -2.44. The fourth-order valence-corrected chi connectivity index (χ4v) is 7.45. The Hall–Kier alpha value is -4.04. The molecule has 4 aromatic carbocycles. The van der Waals surface area contributed by atoms with Crippen LogP contribution in [0.15, 0.2) is 84.9 Å². The normalized spacial score (nSPS) is 18.8. The summed E-state index contributed by atoms with van der Waals surface area (Å²) < 4.78 is 13.1. The van der Waals surface area contributed by atoms with Gasteiger partial charge in [-0.2, -0.15) is 0 Å². The highest BCUT2D eigenvalue weighted by Crippen LogP contribution is 2.49. The highest BCUT2D eigenvalue weighted by molar-refractivity contribution is 5.60. The van der Waals surface area contributed by atoms with Crippen LogP contribution in [0.2, 0.25) is 0 Å². The minimum atomic E-state index is 0.0715. The summed E-state index contributed by atoms with van der Waals surface area (Å²) in [6.45, 7) is 20.2. The van der Waals surface area contributed by atoms with Gasteiger partial charge in [-0.1, -0.05) is 106 Å². The molecule has 240 valence electrons. The zero-order chi connectivity index (χ0) is 33.1. The number of rotatable bonds is 9. The van der Waals surface area contributed by atoms with E-state index in [2.05, 4.69) is 133 Å². The van der Waals surface area contributed by atoms with Gasteiger partial charge in [0.1, 0.15) is 23.0 Å². The van der Waals surface area contributed by atoms with Crippen LogP contribution in [-0.2, 0) is 10.8 Å². The monoisotopic (exact) mass is 612 g/mol. The third-order valence-electron chi connectivity index (χ3n) is 10.4. The molecule has 0 aromatic heterocycles. The van der Waals surface area contributed by atoms with Crippen LogP contribution in [0.4, 0.5) is 0 Å². The van der Waals surface area contributed by atoms with Crippen molar-refractivity contribution in [1.82, 2.24) is 0 Å². The fourth-order valence-electron chi connectivity index (χ4n) is 7.45. The van der Waals surface area contributed by atoms with Gasteiger partial charge >= 0.3 is 0 Å². The van der Waals surface area contributed by atoms with Crippen molar-refractivity contribution in [3.05, 3.63) is 129 Å². The van der Waals surface area contributed by atoms with Crippen molar-refractivity contribution in [3.63, 3.8) is 0 Å². The van der Waals surface area contributed by atoms with Crippen molar-refractivity contribution in [2.24, 2.45) is 5.92 Å². The zero-order valence-electron chi connectivity index (χ0n) is 29.5. The van der Waals surface area contributed by atoms with E-state index in [0.29, 0.717) is 5.92 Å². The number of ether oxygens (including phenoxy) is 2. The fraction of sp³-hybridized carbons (Fsp3) is 0.364. The number of allylic oxidation sites excluding steroid dienone is 2. The van der Waals surface area contributed by atoms with Gasteiger partial charge in [-0.15, -0.1) is 0 Å². The molecule has 0 aliphatic heterocycles. The molecule has 0 saturated heterocycles. The molecule has 1 aliphatic rings. The minimum absolute atomic E-state index is 0.0715. The second-order valence-electron chi connectivity index (χ2n) is 14.2. The first-order valence-corrected chi connectivity index (χ1v) is 17.0. The lowest BCUT2D eigenvalue weighted by molar-refractivity contribution is 0.178. The van der Waals surface area contributed by atoms with E-state index in [-0.39, 0.29) is 10.8 Å². The second kappa shape index (κ2) is 13.8. The second-order valence-corrected chi connectivity index (χ2v) is 14.2. The quantitative estimate of drug-likeness (QED) is 0.187. The molecule has 1 aliphatic carbocycles. The molecule has 0 unspecified atom stereocenters. The third-order valence-corrected chi connectivity index (χ3v) is 10.4. The summed E-state index contributed by atoms with van der Waals surface area (Å²) in [6, 6.07) is 26.0. The Morgan fingerprint density at radius 2 is 1.07 bits per heavy atom. The molecular formula is C44H52O2. The molecule has 2 heteroatoms. The first kappa shape index (κ1) is 33.3. The first-order chi connectivity index (χ1) is 22.0. The largest absolute Gasteiger partial charge is 0.456 e. The Bertz CT molecular complexity index is 1700. The lowest BCUT2D eigenvalue weighted by Crippen LogP contribution is -2.37. The van der Waals surface area contributed by atoms with Crippen LogP contribution in [-0.4, -0.2) is 0 Å². The number of para-hydroxylation sites is 2. The van der Waals surface area contributed by atoms with Gasteiger partial charge in [0, 0.05) is 11.1 Å². The predicted octanol–water partition coefficient (Wildman–Crippen LogP) is 13.0. The Labute approximate surface area is 278 Å².